The first-order valence-corrected chi connectivity index (χ1v) is 12.4. The van der Waals surface area contributed by atoms with Crippen LogP contribution >= 0.6 is 24.2 Å². The monoisotopic (exact) mass is 507 g/mol. The fourth-order valence-corrected chi connectivity index (χ4v) is 5.58. The van der Waals surface area contributed by atoms with Crippen LogP contribution < -0.4 is 5.32 Å². The van der Waals surface area contributed by atoms with Gasteiger partial charge in [-0.1, -0.05) is 17.8 Å². The van der Waals surface area contributed by atoms with Gasteiger partial charge in [0.05, 0.1) is 33.5 Å². The van der Waals surface area contributed by atoms with Gasteiger partial charge in [-0.3, -0.25) is 14.0 Å². The van der Waals surface area contributed by atoms with Gasteiger partial charge in [-0.05, 0) is 74.1 Å². The Bertz CT molecular complexity index is 1300. The number of nitriles is 1. The van der Waals surface area contributed by atoms with Crippen molar-refractivity contribution >= 4 is 47.7 Å². The molecule has 0 aliphatic carbocycles. The molecule has 3 aromatic rings. The number of amides is 2. The zero-order valence-electron chi connectivity index (χ0n) is 19.1. The standard InChI is InChI=1S/C26H25N5O2S.ClH/c27-16-19-6-8-20(9-7-19)26(33)30-13-10-18(11-14-30)3-2-12-28-25(32)22-15-21-17-29-23-4-1-5-24(34-22)31(21)23;/h1,4-9,15,17-18H,2-3,10-14H2,(H,28,32);1H. The smallest absolute Gasteiger partial charge is 0.258 e. The Morgan fingerprint density at radius 3 is 2.66 bits per heavy atom. The molecule has 2 amide bonds. The van der Waals surface area contributed by atoms with Crippen LogP contribution in [0.1, 0.15) is 47.3 Å². The van der Waals surface area contributed by atoms with Crippen LogP contribution in [0, 0.1) is 17.2 Å². The van der Waals surface area contributed by atoms with Crippen molar-refractivity contribution in [2.45, 2.75) is 30.7 Å². The average Bonchev–Trinajstić information content (AvgIpc) is 3.31. The average molecular weight is 508 g/mol. The van der Waals surface area contributed by atoms with Crippen molar-refractivity contribution < 1.29 is 9.59 Å². The SMILES string of the molecule is Cl.N#Cc1ccc(C(=O)N2CCC(CCCNC(=O)C3=Cc4cnc5cccc(n45)S3)CC2)cc1. The molecule has 2 aliphatic rings. The van der Waals surface area contributed by atoms with Gasteiger partial charge in [-0.15, -0.1) is 12.4 Å². The van der Waals surface area contributed by atoms with Crippen LogP contribution in [0.2, 0.25) is 0 Å². The van der Waals surface area contributed by atoms with Gasteiger partial charge in [0.25, 0.3) is 11.8 Å². The van der Waals surface area contributed by atoms with Crippen LogP contribution in [0.25, 0.3) is 11.7 Å². The molecule has 1 fully saturated rings. The number of thioether (sulfide) groups is 1. The molecule has 2 aromatic heterocycles. The van der Waals surface area contributed by atoms with Crippen LogP contribution in [-0.4, -0.2) is 45.7 Å². The van der Waals surface area contributed by atoms with Crippen molar-refractivity contribution in [2.75, 3.05) is 19.6 Å². The zero-order chi connectivity index (χ0) is 23.5. The van der Waals surface area contributed by atoms with E-state index in [1.807, 2.05) is 29.2 Å². The first kappa shape index (κ1) is 24.8. The van der Waals surface area contributed by atoms with Gasteiger partial charge >= 0.3 is 0 Å². The Balaban J connectivity index is 0.00000289. The molecule has 7 nitrogen and oxygen atoms in total. The van der Waals surface area contributed by atoms with E-state index in [9.17, 15) is 9.59 Å². The van der Waals surface area contributed by atoms with Gasteiger partial charge in [-0.25, -0.2) is 4.98 Å². The summed E-state index contributed by atoms with van der Waals surface area (Å²) in [6.07, 6.45) is 7.61. The maximum Gasteiger partial charge on any atom is 0.258 e. The first-order valence-electron chi connectivity index (χ1n) is 11.6. The summed E-state index contributed by atoms with van der Waals surface area (Å²) in [5.41, 5.74) is 3.01. The number of benzene rings is 1. The molecule has 0 radical (unpaired) electrons. The van der Waals surface area contributed by atoms with Gasteiger partial charge in [0.1, 0.15) is 5.65 Å². The molecule has 0 unspecified atom stereocenters. The van der Waals surface area contributed by atoms with E-state index >= 15 is 0 Å². The van der Waals surface area contributed by atoms with Crippen molar-refractivity contribution in [1.82, 2.24) is 19.6 Å². The second kappa shape index (κ2) is 11.0. The minimum atomic E-state index is -0.0442. The number of carbonyl (C=O) groups is 2. The van der Waals surface area contributed by atoms with Gasteiger partial charge in [-0.2, -0.15) is 5.26 Å². The summed E-state index contributed by atoms with van der Waals surface area (Å²) in [5, 5.41) is 13.0. The molecule has 180 valence electrons. The number of likely N-dealkylation sites (tertiary alicyclic amines) is 1. The third-order valence-electron chi connectivity index (χ3n) is 6.48. The van der Waals surface area contributed by atoms with Crippen molar-refractivity contribution in [2.24, 2.45) is 5.92 Å². The lowest BCUT2D eigenvalue weighted by molar-refractivity contribution is -0.116. The highest BCUT2D eigenvalue weighted by atomic mass is 35.5. The topological polar surface area (TPSA) is 90.5 Å². The Hall–Kier alpha value is -3.28. The zero-order valence-corrected chi connectivity index (χ0v) is 20.8. The Morgan fingerprint density at radius 2 is 1.91 bits per heavy atom. The predicted molar refractivity (Wildman–Crippen MR) is 138 cm³/mol. The molecule has 0 bridgehead atoms. The van der Waals surface area contributed by atoms with Gasteiger partial charge < -0.3 is 10.2 Å². The van der Waals surface area contributed by atoms with Gasteiger partial charge in [0, 0.05) is 25.2 Å². The molecular weight excluding hydrogens is 482 g/mol. The maximum absolute atomic E-state index is 12.7. The number of halogens is 1. The maximum atomic E-state index is 12.7. The third kappa shape index (κ3) is 5.37. The van der Waals surface area contributed by atoms with Gasteiger partial charge in [0.15, 0.2) is 0 Å². The molecule has 1 aromatic carbocycles. The second-order valence-electron chi connectivity index (χ2n) is 8.67. The van der Waals surface area contributed by atoms with Crippen molar-refractivity contribution in [3.8, 4) is 6.07 Å². The largest absolute Gasteiger partial charge is 0.352 e. The Labute approximate surface area is 214 Å². The fraction of sp³-hybridized carbons (Fsp3) is 0.308. The van der Waals surface area contributed by atoms with Crippen LogP contribution in [0.5, 0.6) is 0 Å². The van der Waals surface area contributed by atoms with E-state index in [1.54, 1.807) is 30.5 Å². The second-order valence-corrected chi connectivity index (χ2v) is 9.74. The minimum absolute atomic E-state index is 0. The number of carbonyl (C=O) groups excluding carboxylic acids is 2. The molecule has 5 rings (SSSR count). The summed E-state index contributed by atoms with van der Waals surface area (Å²) in [4.78, 5) is 32.4. The van der Waals surface area contributed by atoms with E-state index in [-0.39, 0.29) is 24.2 Å². The van der Waals surface area contributed by atoms with Crippen LogP contribution in [0.4, 0.5) is 0 Å². The Kier molecular flexibility index (Phi) is 7.79. The highest BCUT2D eigenvalue weighted by Crippen LogP contribution is 2.34. The number of rotatable bonds is 6. The third-order valence-corrected chi connectivity index (χ3v) is 7.53. The lowest BCUT2D eigenvalue weighted by Gasteiger charge is -2.32. The number of nitrogens with zero attached hydrogens (tertiary/aromatic N) is 4. The predicted octanol–water partition coefficient (Wildman–Crippen LogP) is 4.52. The Morgan fingerprint density at radius 1 is 1.14 bits per heavy atom. The van der Waals surface area contributed by atoms with Gasteiger partial charge in [0.2, 0.25) is 0 Å². The van der Waals surface area contributed by atoms with E-state index in [0.29, 0.717) is 28.5 Å². The van der Waals surface area contributed by atoms with Crippen LogP contribution in [0.15, 0.2) is 58.6 Å². The summed E-state index contributed by atoms with van der Waals surface area (Å²) < 4.78 is 2.06. The molecule has 4 heterocycles. The van der Waals surface area contributed by atoms with E-state index in [0.717, 1.165) is 55.1 Å². The summed E-state index contributed by atoms with van der Waals surface area (Å²) in [7, 11) is 0. The lowest BCUT2D eigenvalue weighted by Crippen LogP contribution is -2.38. The van der Waals surface area contributed by atoms with E-state index in [4.69, 9.17) is 5.26 Å². The molecule has 9 heteroatoms. The number of aromatic nitrogens is 2. The van der Waals surface area contributed by atoms with E-state index < -0.39 is 0 Å². The molecule has 0 spiro atoms. The molecule has 35 heavy (non-hydrogen) atoms. The number of piperidine rings is 1. The van der Waals surface area contributed by atoms with E-state index in [1.165, 1.54) is 11.8 Å². The normalized spacial score (nSPS) is 15.2. The first-order chi connectivity index (χ1) is 16.6. The molecule has 0 saturated carbocycles. The number of imidazole rings is 1. The van der Waals surface area contributed by atoms with Crippen molar-refractivity contribution in [3.05, 3.63) is 70.4 Å². The molecule has 2 aliphatic heterocycles. The quantitative estimate of drug-likeness (QED) is 0.495. The molecular formula is C26H26ClN5O2S. The lowest BCUT2D eigenvalue weighted by atomic mass is 9.92. The molecule has 0 atom stereocenters. The van der Waals surface area contributed by atoms with Crippen molar-refractivity contribution in [3.63, 3.8) is 0 Å². The number of hydrogen-bond donors (Lipinski definition) is 1. The number of pyridine rings is 1. The number of nitrogens with one attached hydrogen (secondary N) is 1. The van der Waals surface area contributed by atoms with Crippen molar-refractivity contribution in [1.29, 1.82) is 5.26 Å². The fourth-order valence-electron chi connectivity index (χ4n) is 4.57. The highest BCUT2D eigenvalue weighted by molar-refractivity contribution is 8.04. The summed E-state index contributed by atoms with van der Waals surface area (Å²) >= 11 is 1.47. The van der Waals surface area contributed by atoms with E-state index in [2.05, 4.69) is 20.8 Å². The minimum Gasteiger partial charge on any atom is -0.352 e. The van der Waals surface area contributed by atoms with Crippen LogP contribution in [-0.2, 0) is 4.79 Å². The highest BCUT2D eigenvalue weighted by Gasteiger charge is 2.24. The van der Waals surface area contributed by atoms with Crippen LogP contribution in [0.3, 0.4) is 0 Å². The number of hydrogen-bond acceptors (Lipinski definition) is 5. The molecule has 1 N–H and O–H groups in total. The summed E-state index contributed by atoms with van der Waals surface area (Å²) in [6.45, 7) is 2.14. The summed E-state index contributed by atoms with van der Waals surface area (Å²) in [5.74, 6) is 0.555. The molecule has 1 saturated heterocycles. The summed E-state index contributed by atoms with van der Waals surface area (Å²) in [6, 6.07) is 14.8.